The van der Waals surface area contributed by atoms with Gasteiger partial charge in [0.2, 0.25) is 0 Å². The standard InChI is InChI=1S/C12H26N2/c1-11-7-6-8-12(2)14(11)10-5-3-4-9-13/h11-12H,3-10,13H2,1-2H3/t11-,12-/m1/s1. The Bertz CT molecular complexity index is 137. The van der Waals surface area contributed by atoms with Crippen molar-refractivity contribution in [3.63, 3.8) is 0 Å². The molecule has 1 fully saturated rings. The molecule has 0 aromatic rings. The maximum Gasteiger partial charge on any atom is 0.00697 e. The minimum atomic E-state index is 0.802. The average Bonchev–Trinajstić information content (AvgIpc) is 2.16. The second-order valence-corrected chi connectivity index (χ2v) is 4.72. The van der Waals surface area contributed by atoms with Crippen molar-refractivity contribution >= 4 is 0 Å². The fraction of sp³-hybridized carbons (Fsp3) is 1.00. The molecule has 2 heteroatoms. The molecule has 0 aliphatic carbocycles. The Morgan fingerprint density at radius 3 is 2.29 bits per heavy atom. The Labute approximate surface area is 88.8 Å². The third kappa shape index (κ3) is 3.58. The monoisotopic (exact) mass is 198 g/mol. The number of hydrogen-bond acceptors (Lipinski definition) is 2. The van der Waals surface area contributed by atoms with Gasteiger partial charge in [0.15, 0.2) is 0 Å². The van der Waals surface area contributed by atoms with Crippen LogP contribution in [0.4, 0.5) is 0 Å². The molecule has 1 saturated heterocycles. The van der Waals surface area contributed by atoms with E-state index in [0.29, 0.717) is 0 Å². The molecule has 1 aliphatic heterocycles. The molecule has 1 heterocycles. The first kappa shape index (κ1) is 12.0. The molecule has 14 heavy (non-hydrogen) atoms. The quantitative estimate of drug-likeness (QED) is 0.687. The molecule has 2 N–H and O–H groups in total. The first-order valence-corrected chi connectivity index (χ1v) is 6.21. The summed E-state index contributed by atoms with van der Waals surface area (Å²) in [6, 6.07) is 1.60. The lowest BCUT2D eigenvalue weighted by Gasteiger charge is -2.39. The van der Waals surface area contributed by atoms with Crippen molar-refractivity contribution in [3.8, 4) is 0 Å². The van der Waals surface area contributed by atoms with E-state index in [1.54, 1.807) is 0 Å². The normalized spacial score (nSPS) is 29.4. The molecule has 0 spiro atoms. The molecule has 2 atom stereocenters. The predicted octanol–water partition coefficient (Wildman–Crippen LogP) is 2.38. The smallest absolute Gasteiger partial charge is 0.00697 e. The fourth-order valence-electron chi connectivity index (χ4n) is 2.53. The van der Waals surface area contributed by atoms with Gasteiger partial charge in [0, 0.05) is 12.1 Å². The lowest BCUT2D eigenvalue weighted by molar-refractivity contribution is 0.101. The van der Waals surface area contributed by atoms with Gasteiger partial charge in [-0.05, 0) is 52.6 Å². The lowest BCUT2D eigenvalue weighted by atomic mass is 9.97. The van der Waals surface area contributed by atoms with Gasteiger partial charge in [0.25, 0.3) is 0 Å². The highest BCUT2D eigenvalue weighted by Gasteiger charge is 2.23. The van der Waals surface area contributed by atoms with Crippen LogP contribution < -0.4 is 5.73 Å². The van der Waals surface area contributed by atoms with E-state index in [9.17, 15) is 0 Å². The minimum Gasteiger partial charge on any atom is -0.330 e. The highest BCUT2D eigenvalue weighted by Crippen LogP contribution is 2.22. The highest BCUT2D eigenvalue weighted by atomic mass is 15.2. The number of likely N-dealkylation sites (tertiary alicyclic amines) is 1. The van der Waals surface area contributed by atoms with Crippen molar-refractivity contribution in [2.24, 2.45) is 5.73 Å². The number of nitrogens with zero attached hydrogens (tertiary/aromatic N) is 1. The van der Waals surface area contributed by atoms with Crippen LogP contribution >= 0.6 is 0 Å². The van der Waals surface area contributed by atoms with Gasteiger partial charge in [-0.1, -0.05) is 12.8 Å². The molecule has 0 aromatic carbocycles. The van der Waals surface area contributed by atoms with Crippen LogP contribution in [-0.2, 0) is 0 Å². The van der Waals surface area contributed by atoms with E-state index in [0.717, 1.165) is 18.6 Å². The van der Waals surface area contributed by atoms with Gasteiger partial charge in [0.05, 0.1) is 0 Å². The first-order valence-electron chi connectivity index (χ1n) is 6.21. The van der Waals surface area contributed by atoms with E-state index in [1.807, 2.05) is 0 Å². The van der Waals surface area contributed by atoms with Crippen LogP contribution in [0, 0.1) is 0 Å². The zero-order valence-corrected chi connectivity index (χ0v) is 9.84. The summed E-state index contributed by atoms with van der Waals surface area (Å²) in [7, 11) is 0. The summed E-state index contributed by atoms with van der Waals surface area (Å²) in [5, 5.41) is 0. The lowest BCUT2D eigenvalue weighted by Crippen LogP contribution is -2.44. The van der Waals surface area contributed by atoms with Crippen molar-refractivity contribution in [1.29, 1.82) is 0 Å². The predicted molar refractivity (Wildman–Crippen MR) is 62.4 cm³/mol. The Kier molecular flexibility index (Phi) is 5.49. The van der Waals surface area contributed by atoms with Crippen molar-refractivity contribution in [2.45, 2.75) is 64.5 Å². The summed E-state index contributed by atoms with van der Waals surface area (Å²) in [4.78, 5) is 2.68. The van der Waals surface area contributed by atoms with Crippen LogP contribution in [0.2, 0.25) is 0 Å². The van der Waals surface area contributed by atoms with Crippen molar-refractivity contribution in [3.05, 3.63) is 0 Å². The van der Waals surface area contributed by atoms with Crippen LogP contribution in [0.15, 0.2) is 0 Å². The van der Waals surface area contributed by atoms with Crippen LogP contribution in [0.3, 0.4) is 0 Å². The molecule has 0 aromatic heterocycles. The molecular formula is C12H26N2. The van der Waals surface area contributed by atoms with E-state index in [-0.39, 0.29) is 0 Å². The van der Waals surface area contributed by atoms with Gasteiger partial charge in [-0.25, -0.2) is 0 Å². The Balaban J connectivity index is 2.19. The van der Waals surface area contributed by atoms with Crippen LogP contribution in [0.1, 0.15) is 52.4 Å². The molecule has 0 bridgehead atoms. The third-order valence-corrected chi connectivity index (χ3v) is 3.50. The van der Waals surface area contributed by atoms with Gasteiger partial charge in [-0.2, -0.15) is 0 Å². The molecule has 0 unspecified atom stereocenters. The largest absolute Gasteiger partial charge is 0.330 e. The summed E-state index contributed by atoms with van der Waals surface area (Å²) >= 11 is 0. The van der Waals surface area contributed by atoms with Gasteiger partial charge < -0.3 is 5.73 Å². The van der Waals surface area contributed by atoms with Crippen LogP contribution in [0.25, 0.3) is 0 Å². The molecule has 84 valence electrons. The van der Waals surface area contributed by atoms with Crippen LogP contribution in [0.5, 0.6) is 0 Å². The minimum absolute atomic E-state index is 0.802. The number of piperidine rings is 1. The first-order chi connectivity index (χ1) is 6.75. The zero-order valence-electron chi connectivity index (χ0n) is 9.84. The van der Waals surface area contributed by atoms with E-state index in [2.05, 4.69) is 18.7 Å². The van der Waals surface area contributed by atoms with Gasteiger partial charge in [-0.15, -0.1) is 0 Å². The molecular weight excluding hydrogens is 172 g/mol. The summed E-state index contributed by atoms with van der Waals surface area (Å²) in [6.07, 6.45) is 8.01. The number of unbranched alkanes of at least 4 members (excludes halogenated alkanes) is 2. The second kappa shape index (κ2) is 6.41. The van der Waals surface area contributed by atoms with Crippen molar-refractivity contribution in [1.82, 2.24) is 4.90 Å². The summed E-state index contributed by atoms with van der Waals surface area (Å²) < 4.78 is 0. The van der Waals surface area contributed by atoms with Crippen LogP contribution in [-0.4, -0.2) is 30.1 Å². The van der Waals surface area contributed by atoms with E-state index >= 15 is 0 Å². The second-order valence-electron chi connectivity index (χ2n) is 4.72. The summed E-state index contributed by atoms with van der Waals surface area (Å²) in [5.74, 6) is 0. The van der Waals surface area contributed by atoms with Gasteiger partial charge in [0.1, 0.15) is 0 Å². The number of rotatable bonds is 5. The maximum absolute atomic E-state index is 5.49. The fourth-order valence-corrected chi connectivity index (χ4v) is 2.53. The topological polar surface area (TPSA) is 29.3 Å². The zero-order chi connectivity index (χ0) is 10.4. The Hall–Kier alpha value is -0.0800. The summed E-state index contributed by atoms with van der Waals surface area (Å²) in [5.41, 5.74) is 5.49. The molecule has 0 amide bonds. The van der Waals surface area contributed by atoms with Gasteiger partial charge >= 0.3 is 0 Å². The third-order valence-electron chi connectivity index (χ3n) is 3.50. The van der Waals surface area contributed by atoms with Crippen molar-refractivity contribution < 1.29 is 0 Å². The van der Waals surface area contributed by atoms with E-state index < -0.39 is 0 Å². The molecule has 1 rings (SSSR count). The number of nitrogens with two attached hydrogens (primary N) is 1. The molecule has 2 nitrogen and oxygen atoms in total. The van der Waals surface area contributed by atoms with E-state index in [1.165, 1.54) is 45.1 Å². The Morgan fingerprint density at radius 2 is 1.71 bits per heavy atom. The van der Waals surface area contributed by atoms with Gasteiger partial charge in [-0.3, -0.25) is 4.90 Å². The Morgan fingerprint density at radius 1 is 1.07 bits per heavy atom. The average molecular weight is 198 g/mol. The van der Waals surface area contributed by atoms with E-state index in [4.69, 9.17) is 5.73 Å². The summed E-state index contributed by atoms with van der Waals surface area (Å²) in [6.45, 7) is 6.88. The molecule has 1 aliphatic rings. The highest BCUT2D eigenvalue weighted by molar-refractivity contribution is 4.79. The molecule has 0 radical (unpaired) electrons. The SMILES string of the molecule is C[C@@H]1CCC[C@@H](C)N1CCCCCN. The van der Waals surface area contributed by atoms with Crippen molar-refractivity contribution in [2.75, 3.05) is 13.1 Å². The molecule has 0 saturated carbocycles. The maximum atomic E-state index is 5.49. The number of hydrogen-bond donors (Lipinski definition) is 1.